The molecule has 0 spiro atoms. The van der Waals surface area contributed by atoms with Crippen LogP contribution in [0, 0.1) is 5.41 Å². The summed E-state index contributed by atoms with van der Waals surface area (Å²) in [5.74, 6) is 0.146. The number of carbonyl (C=O) groups is 1. The van der Waals surface area contributed by atoms with E-state index in [-0.39, 0.29) is 5.78 Å². The Bertz CT molecular complexity index is 428. The van der Waals surface area contributed by atoms with E-state index in [1.54, 1.807) is 18.5 Å². The van der Waals surface area contributed by atoms with Crippen molar-refractivity contribution >= 4 is 11.5 Å². The zero-order valence-electron chi connectivity index (χ0n) is 10.4. The number of rotatable bonds is 4. The van der Waals surface area contributed by atoms with Gasteiger partial charge in [0.25, 0.3) is 0 Å². The molecule has 1 saturated heterocycles. The molecule has 4 N–H and O–H groups in total. The molecule has 0 amide bonds. The summed E-state index contributed by atoms with van der Waals surface area (Å²) in [5.41, 5.74) is 12.6. The number of Topliss-reactive ketones (excluding diaryl/α,β-unsaturated/α-hetero) is 1. The minimum Gasteiger partial charge on any atom is -0.398 e. The third-order valence-electron chi connectivity index (χ3n) is 3.72. The zero-order valence-corrected chi connectivity index (χ0v) is 10.4. The lowest BCUT2D eigenvalue weighted by molar-refractivity contribution is -0.132. The van der Waals surface area contributed by atoms with Crippen molar-refractivity contribution in [2.24, 2.45) is 11.1 Å². The van der Waals surface area contributed by atoms with Gasteiger partial charge in [-0.3, -0.25) is 9.78 Å². The van der Waals surface area contributed by atoms with Gasteiger partial charge in [0.1, 0.15) is 5.78 Å². The lowest BCUT2D eigenvalue weighted by Gasteiger charge is -2.34. The van der Waals surface area contributed by atoms with Crippen molar-refractivity contribution < 1.29 is 9.53 Å². The normalized spacial score (nSPS) is 18.5. The highest BCUT2D eigenvalue weighted by Crippen LogP contribution is 2.32. The Morgan fingerprint density at radius 3 is 2.78 bits per heavy atom. The highest BCUT2D eigenvalue weighted by molar-refractivity contribution is 5.88. The summed E-state index contributed by atoms with van der Waals surface area (Å²) in [6.07, 6.45) is 4.97. The van der Waals surface area contributed by atoms with Crippen molar-refractivity contribution in [3.63, 3.8) is 0 Å². The van der Waals surface area contributed by atoms with Crippen molar-refractivity contribution in [2.45, 2.75) is 19.3 Å². The summed E-state index contributed by atoms with van der Waals surface area (Å²) in [4.78, 5) is 16.5. The Balaban J connectivity index is 2.13. The average molecular weight is 249 g/mol. The molecule has 2 heterocycles. The monoisotopic (exact) mass is 249 g/mol. The molecule has 1 aliphatic heterocycles. The standard InChI is InChI=1S/C13H19N3O2/c14-9-13(2-5-18-6-3-13)12(17)7-10-8-16-4-1-11(10)15/h1,4,8H,2-3,5-7,9,14H2,(H2,15,16). The maximum Gasteiger partial charge on any atom is 0.144 e. The fourth-order valence-corrected chi connectivity index (χ4v) is 2.31. The van der Waals surface area contributed by atoms with Crippen LogP contribution < -0.4 is 11.5 Å². The van der Waals surface area contributed by atoms with Gasteiger partial charge >= 0.3 is 0 Å². The number of aromatic nitrogens is 1. The van der Waals surface area contributed by atoms with Crippen molar-refractivity contribution in [1.82, 2.24) is 4.98 Å². The van der Waals surface area contributed by atoms with Gasteiger partial charge in [0.15, 0.2) is 0 Å². The highest BCUT2D eigenvalue weighted by atomic mass is 16.5. The van der Waals surface area contributed by atoms with E-state index in [0.717, 1.165) is 5.56 Å². The summed E-state index contributed by atoms with van der Waals surface area (Å²) in [6, 6.07) is 1.71. The molecule has 5 heteroatoms. The van der Waals surface area contributed by atoms with Gasteiger partial charge in [-0.15, -0.1) is 0 Å². The van der Waals surface area contributed by atoms with Gasteiger partial charge in [0, 0.05) is 55.2 Å². The molecule has 5 nitrogen and oxygen atoms in total. The maximum atomic E-state index is 12.5. The van der Waals surface area contributed by atoms with E-state index in [4.69, 9.17) is 16.2 Å². The van der Waals surface area contributed by atoms with Crippen LogP contribution in [0.5, 0.6) is 0 Å². The topological polar surface area (TPSA) is 91.2 Å². The van der Waals surface area contributed by atoms with Gasteiger partial charge in [0.2, 0.25) is 0 Å². The van der Waals surface area contributed by atoms with Crippen LogP contribution in [0.1, 0.15) is 18.4 Å². The van der Waals surface area contributed by atoms with Crippen LogP contribution in [0.4, 0.5) is 5.69 Å². The lowest BCUT2D eigenvalue weighted by atomic mass is 9.74. The largest absolute Gasteiger partial charge is 0.398 e. The molecule has 0 aromatic carbocycles. The SMILES string of the molecule is NCC1(C(=O)Cc2cnccc2N)CCOCC1. The predicted molar refractivity (Wildman–Crippen MR) is 68.9 cm³/mol. The molecule has 0 aliphatic carbocycles. The van der Waals surface area contributed by atoms with Crippen molar-refractivity contribution in [3.8, 4) is 0 Å². The summed E-state index contributed by atoms with van der Waals surface area (Å²) >= 11 is 0. The second-order valence-electron chi connectivity index (χ2n) is 4.77. The number of nitrogen functional groups attached to an aromatic ring is 1. The number of nitrogens with two attached hydrogens (primary N) is 2. The molecule has 0 radical (unpaired) electrons. The van der Waals surface area contributed by atoms with E-state index in [1.807, 2.05) is 0 Å². The third-order valence-corrected chi connectivity index (χ3v) is 3.72. The number of ketones is 1. The molecule has 18 heavy (non-hydrogen) atoms. The summed E-state index contributed by atoms with van der Waals surface area (Å²) in [7, 11) is 0. The van der Waals surface area contributed by atoms with Gasteiger partial charge in [-0.2, -0.15) is 0 Å². The molecule has 0 unspecified atom stereocenters. The van der Waals surface area contributed by atoms with Crippen LogP contribution in [0.25, 0.3) is 0 Å². The number of anilines is 1. The average Bonchev–Trinajstić information content (AvgIpc) is 2.42. The van der Waals surface area contributed by atoms with Gasteiger partial charge in [-0.25, -0.2) is 0 Å². The fraction of sp³-hybridized carbons (Fsp3) is 0.538. The van der Waals surface area contributed by atoms with Crippen LogP contribution in [-0.4, -0.2) is 30.5 Å². The van der Waals surface area contributed by atoms with E-state index in [0.29, 0.717) is 44.7 Å². The van der Waals surface area contributed by atoms with Crippen LogP contribution in [0.15, 0.2) is 18.5 Å². The molecule has 1 aliphatic rings. The number of hydrogen-bond acceptors (Lipinski definition) is 5. The van der Waals surface area contributed by atoms with Gasteiger partial charge in [-0.1, -0.05) is 0 Å². The maximum absolute atomic E-state index is 12.5. The van der Waals surface area contributed by atoms with Crippen LogP contribution >= 0.6 is 0 Å². The second-order valence-corrected chi connectivity index (χ2v) is 4.77. The Morgan fingerprint density at radius 1 is 1.44 bits per heavy atom. The minimum absolute atomic E-state index is 0.146. The predicted octanol–water partition coefficient (Wildman–Crippen LogP) is 0.531. The van der Waals surface area contributed by atoms with E-state index < -0.39 is 5.41 Å². The summed E-state index contributed by atoms with van der Waals surface area (Å²) < 4.78 is 5.31. The molecular weight excluding hydrogens is 230 g/mol. The van der Waals surface area contributed by atoms with Crippen molar-refractivity contribution in [3.05, 3.63) is 24.0 Å². The lowest BCUT2D eigenvalue weighted by Crippen LogP contribution is -2.44. The van der Waals surface area contributed by atoms with Crippen LogP contribution in [-0.2, 0) is 16.0 Å². The summed E-state index contributed by atoms with van der Waals surface area (Å²) in [6.45, 7) is 1.58. The van der Waals surface area contributed by atoms with E-state index in [1.165, 1.54) is 0 Å². The smallest absolute Gasteiger partial charge is 0.144 e. The third kappa shape index (κ3) is 2.52. The fourth-order valence-electron chi connectivity index (χ4n) is 2.31. The molecule has 1 fully saturated rings. The molecule has 1 aromatic heterocycles. The van der Waals surface area contributed by atoms with Crippen molar-refractivity contribution in [2.75, 3.05) is 25.5 Å². The van der Waals surface area contributed by atoms with Gasteiger partial charge < -0.3 is 16.2 Å². The Morgan fingerprint density at radius 2 is 2.17 bits per heavy atom. The first-order chi connectivity index (χ1) is 8.68. The first-order valence-corrected chi connectivity index (χ1v) is 6.17. The summed E-state index contributed by atoms with van der Waals surface area (Å²) in [5, 5.41) is 0. The number of ether oxygens (including phenoxy) is 1. The molecule has 0 atom stereocenters. The molecule has 0 saturated carbocycles. The van der Waals surface area contributed by atoms with Gasteiger partial charge in [0.05, 0.1) is 0 Å². The number of nitrogens with zero attached hydrogens (tertiary/aromatic N) is 1. The quantitative estimate of drug-likeness (QED) is 0.812. The van der Waals surface area contributed by atoms with Gasteiger partial charge in [-0.05, 0) is 18.9 Å². The van der Waals surface area contributed by atoms with Crippen LogP contribution in [0.3, 0.4) is 0 Å². The number of pyridine rings is 1. The number of hydrogen-bond donors (Lipinski definition) is 2. The molecule has 2 rings (SSSR count). The Hall–Kier alpha value is -1.46. The Kier molecular flexibility index (Phi) is 3.93. The Labute approximate surface area is 107 Å². The molecule has 1 aromatic rings. The zero-order chi connectivity index (χ0) is 13.0. The van der Waals surface area contributed by atoms with Crippen LogP contribution in [0.2, 0.25) is 0 Å². The molecule has 98 valence electrons. The second kappa shape index (κ2) is 5.46. The molecular formula is C13H19N3O2. The number of carbonyl (C=O) groups excluding carboxylic acids is 1. The van der Waals surface area contributed by atoms with Crippen molar-refractivity contribution in [1.29, 1.82) is 0 Å². The molecule has 0 bridgehead atoms. The van der Waals surface area contributed by atoms with E-state index in [2.05, 4.69) is 4.98 Å². The minimum atomic E-state index is -0.444. The first kappa shape index (κ1) is 13.0. The van der Waals surface area contributed by atoms with E-state index in [9.17, 15) is 4.79 Å². The highest BCUT2D eigenvalue weighted by Gasteiger charge is 2.38. The van der Waals surface area contributed by atoms with E-state index >= 15 is 0 Å². The first-order valence-electron chi connectivity index (χ1n) is 6.17.